The fourth-order valence-corrected chi connectivity index (χ4v) is 6.23. The van der Waals surface area contributed by atoms with Gasteiger partial charge in [-0.2, -0.15) is 15.0 Å². The largest absolute Gasteiger partial charge is 1.00 e. The summed E-state index contributed by atoms with van der Waals surface area (Å²) in [7, 11) is 0. The molecule has 0 amide bonds. The second-order valence-corrected chi connectivity index (χ2v) is 14.1. The Bertz CT molecular complexity index is 937. The number of carbonyl (C=O) groups excluding carboxylic acids is 3. The van der Waals surface area contributed by atoms with Gasteiger partial charge in [0.15, 0.2) is 0 Å². The summed E-state index contributed by atoms with van der Waals surface area (Å²) in [6.07, 6.45) is 26.2. The number of hydrogen-bond acceptors (Lipinski definition) is 12. The zero-order chi connectivity index (χ0) is 37.5. The van der Waals surface area contributed by atoms with Gasteiger partial charge in [-0.05, 0) is 19.3 Å². The van der Waals surface area contributed by atoms with E-state index in [4.69, 9.17) is 0 Å². The molecule has 0 radical (unpaired) electrons. The molecule has 15 heteroatoms. The van der Waals surface area contributed by atoms with Crippen LogP contribution in [-0.2, 0) is 14.4 Å². The first-order chi connectivity index (χ1) is 24.7. The molecule has 1 aromatic heterocycles. The number of carboxylic acids is 3. The van der Waals surface area contributed by atoms with Crippen LogP contribution < -0.4 is 120 Å². The van der Waals surface area contributed by atoms with E-state index in [-0.39, 0.29) is 126 Å². The predicted molar refractivity (Wildman–Crippen MR) is 199 cm³/mol. The molecule has 12 nitrogen and oxygen atoms in total. The van der Waals surface area contributed by atoms with Gasteiger partial charge in [0.05, 0.1) is 36.0 Å². The fourth-order valence-electron chi connectivity index (χ4n) is 6.23. The number of aliphatic carboxylic acids is 3. The second-order valence-electron chi connectivity index (χ2n) is 14.1. The second kappa shape index (κ2) is 39.6. The Morgan fingerprint density at radius 3 is 0.759 bits per heavy atom. The predicted octanol–water partition coefficient (Wildman–Crippen LogP) is -2.93. The molecule has 1 heterocycles. The summed E-state index contributed by atoms with van der Waals surface area (Å²) in [5.41, 5.74) is 0. The minimum atomic E-state index is -1.31. The minimum absolute atomic E-state index is 0. The van der Waals surface area contributed by atoms with Gasteiger partial charge >= 0.3 is 88.7 Å². The standard InChI is InChI=1S/C39H72N6O6.3Na/c1-4-7-10-13-16-19-22-25-28-31(34(46)47)40-37-43-38(41-32(35(48)49)29-26-23-20-17-14-11-8-5-2)45-39(44-37)42-33(36(50)51)30-27-24-21-18-15-12-9-6-3;;;/h31-33H,4-30H2,1-3H3,(H,46,47)(H,48,49)(H,50,51)(H3,40,41,42,43,44,45);;;/q;3*+1/p-3. The normalized spacial score (nSPS) is 12.3. The number of carbonyl (C=O) groups is 3. The van der Waals surface area contributed by atoms with Gasteiger partial charge in [0.25, 0.3) is 0 Å². The van der Waals surface area contributed by atoms with Crippen molar-refractivity contribution in [1.29, 1.82) is 0 Å². The van der Waals surface area contributed by atoms with Crippen LogP contribution in [0.25, 0.3) is 0 Å². The monoisotopic (exact) mass is 786 g/mol. The fraction of sp³-hybridized carbons (Fsp3) is 0.846. The molecule has 0 spiro atoms. The van der Waals surface area contributed by atoms with Crippen molar-refractivity contribution in [1.82, 2.24) is 15.0 Å². The Labute approximate surface area is 393 Å². The van der Waals surface area contributed by atoms with Gasteiger partial charge in [0.2, 0.25) is 17.8 Å². The summed E-state index contributed by atoms with van der Waals surface area (Å²) in [5.74, 6) is -4.32. The quantitative estimate of drug-likeness (QED) is 0.0464. The van der Waals surface area contributed by atoms with E-state index >= 15 is 0 Å². The van der Waals surface area contributed by atoms with E-state index in [1.807, 2.05) is 0 Å². The number of anilines is 3. The molecule has 1 aromatic rings. The first-order valence-electron chi connectivity index (χ1n) is 20.4. The van der Waals surface area contributed by atoms with Crippen molar-refractivity contribution in [3.05, 3.63) is 0 Å². The summed E-state index contributed by atoms with van der Waals surface area (Å²) >= 11 is 0. The van der Waals surface area contributed by atoms with Crippen molar-refractivity contribution in [3.8, 4) is 0 Å². The third kappa shape index (κ3) is 30.9. The Balaban J connectivity index is -0.00000867. The summed E-state index contributed by atoms with van der Waals surface area (Å²) < 4.78 is 0. The topological polar surface area (TPSA) is 195 Å². The van der Waals surface area contributed by atoms with Crippen LogP contribution in [0.2, 0.25) is 0 Å². The Morgan fingerprint density at radius 2 is 0.574 bits per heavy atom. The first kappa shape index (κ1) is 58.1. The molecule has 0 aliphatic carbocycles. The van der Waals surface area contributed by atoms with Crippen LogP contribution in [0.4, 0.5) is 17.8 Å². The van der Waals surface area contributed by atoms with Crippen LogP contribution >= 0.6 is 0 Å². The summed E-state index contributed by atoms with van der Waals surface area (Å²) in [6.45, 7) is 6.53. The smallest absolute Gasteiger partial charge is 0.548 e. The number of carboxylic acid groups (broad SMARTS) is 3. The van der Waals surface area contributed by atoms with Gasteiger partial charge in [-0.1, -0.05) is 175 Å². The van der Waals surface area contributed by atoms with E-state index < -0.39 is 36.0 Å². The van der Waals surface area contributed by atoms with Gasteiger partial charge in [0.1, 0.15) is 0 Å². The van der Waals surface area contributed by atoms with E-state index in [0.717, 1.165) is 57.8 Å². The number of nitrogens with zero attached hydrogens (tertiary/aromatic N) is 3. The SMILES string of the molecule is CCCCCCCCCCC(Nc1nc(NC(CCCCCCCCCC)C(=O)[O-])nc(NC(CCCCCCCCCC)C(=O)[O-])n1)C(=O)[O-].[Na+].[Na+].[Na+]. The third-order valence-electron chi connectivity index (χ3n) is 9.44. The number of aromatic nitrogens is 3. The van der Waals surface area contributed by atoms with Crippen molar-refractivity contribution in [2.24, 2.45) is 0 Å². The molecule has 0 aliphatic rings. The molecule has 54 heavy (non-hydrogen) atoms. The molecular weight excluding hydrogens is 717 g/mol. The molecule has 3 unspecified atom stereocenters. The van der Waals surface area contributed by atoms with Gasteiger partial charge in [-0.15, -0.1) is 0 Å². The van der Waals surface area contributed by atoms with Crippen LogP contribution in [0.1, 0.15) is 194 Å². The number of hydrogen-bond donors (Lipinski definition) is 3. The molecule has 3 atom stereocenters. The number of rotatable bonds is 36. The summed E-state index contributed by atoms with van der Waals surface area (Å²) in [5, 5.41) is 44.7. The summed E-state index contributed by atoms with van der Waals surface area (Å²) in [6, 6.07) is -3.30. The molecule has 294 valence electrons. The van der Waals surface area contributed by atoms with Gasteiger partial charge in [-0.3, -0.25) is 0 Å². The van der Waals surface area contributed by atoms with Gasteiger partial charge in [0, 0.05) is 0 Å². The van der Waals surface area contributed by atoms with Crippen molar-refractivity contribution >= 4 is 35.8 Å². The van der Waals surface area contributed by atoms with Crippen LogP contribution in [-0.4, -0.2) is 51.0 Å². The number of nitrogens with one attached hydrogen (secondary N) is 3. The number of unbranched alkanes of at least 4 members (excludes halogenated alkanes) is 21. The van der Waals surface area contributed by atoms with Crippen molar-refractivity contribution in [3.63, 3.8) is 0 Å². The van der Waals surface area contributed by atoms with E-state index in [0.29, 0.717) is 19.3 Å². The molecule has 0 bridgehead atoms. The van der Waals surface area contributed by atoms with Crippen molar-refractivity contribution in [2.45, 2.75) is 212 Å². The average Bonchev–Trinajstić information content (AvgIpc) is 3.09. The molecule has 0 aromatic carbocycles. The van der Waals surface area contributed by atoms with E-state index in [1.54, 1.807) is 0 Å². The van der Waals surface area contributed by atoms with Crippen molar-refractivity contribution in [2.75, 3.05) is 16.0 Å². The molecule has 0 fully saturated rings. The Morgan fingerprint density at radius 1 is 0.389 bits per heavy atom. The van der Waals surface area contributed by atoms with Crippen LogP contribution in [0.5, 0.6) is 0 Å². The average molecular weight is 787 g/mol. The van der Waals surface area contributed by atoms with E-state index in [1.165, 1.54) is 77.0 Å². The van der Waals surface area contributed by atoms with Crippen LogP contribution in [0, 0.1) is 0 Å². The van der Waals surface area contributed by atoms with Crippen LogP contribution in [0.3, 0.4) is 0 Å². The molecular formula is C39H69N6Na3O6. The van der Waals surface area contributed by atoms with E-state index in [2.05, 4.69) is 51.7 Å². The molecule has 0 aliphatic heterocycles. The van der Waals surface area contributed by atoms with Gasteiger partial charge in [-0.25, -0.2) is 0 Å². The molecule has 1 rings (SSSR count). The maximum Gasteiger partial charge on any atom is 1.00 e. The Hall–Kier alpha value is -0.180. The van der Waals surface area contributed by atoms with Crippen LogP contribution in [0.15, 0.2) is 0 Å². The van der Waals surface area contributed by atoms with Crippen molar-refractivity contribution < 1.29 is 118 Å². The summed E-state index contributed by atoms with van der Waals surface area (Å²) in [4.78, 5) is 49.1. The maximum absolute atomic E-state index is 12.1. The minimum Gasteiger partial charge on any atom is -0.548 e. The Kier molecular flexibility index (Phi) is 42.7. The zero-order valence-corrected chi connectivity index (χ0v) is 41.1. The molecule has 0 saturated heterocycles. The maximum atomic E-state index is 12.1. The van der Waals surface area contributed by atoms with E-state index in [9.17, 15) is 29.7 Å². The van der Waals surface area contributed by atoms with Gasteiger partial charge < -0.3 is 45.7 Å². The first-order valence-corrected chi connectivity index (χ1v) is 20.4. The molecule has 0 saturated carbocycles. The molecule has 3 N–H and O–H groups in total. The zero-order valence-electron chi connectivity index (χ0n) is 35.1. The third-order valence-corrected chi connectivity index (χ3v) is 9.44.